The highest BCUT2D eigenvalue weighted by Gasteiger charge is 2.85. The molecule has 6 heteroatoms. The first kappa shape index (κ1) is 24.5. The van der Waals surface area contributed by atoms with Crippen LogP contribution < -0.4 is 0 Å². The molecule has 0 aromatic rings. The van der Waals surface area contributed by atoms with Crippen molar-refractivity contribution >= 4 is 17.5 Å². The normalized spacial score (nSPS) is 53.2. The minimum absolute atomic E-state index is 0.0440. The second kappa shape index (κ2) is 6.99. The molecule has 6 rings (SSSR count). The lowest BCUT2D eigenvalue weighted by atomic mass is 9.40. The number of rotatable bonds is 2. The summed E-state index contributed by atoms with van der Waals surface area (Å²) >= 11 is 0. The van der Waals surface area contributed by atoms with Crippen molar-refractivity contribution in [2.45, 2.75) is 104 Å². The fraction of sp³-hybridized carbons (Fsp3) is 0.767. The second-order valence-corrected chi connectivity index (χ2v) is 13.8. The first-order chi connectivity index (χ1) is 16.7. The van der Waals surface area contributed by atoms with Gasteiger partial charge in [-0.1, -0.05) is 47.1 Å². The van der Waals surface area contributed by atoms with E-state index in [1.807, 2.05) is 32.9 Å². The van der Waals surface area contributed by atoms with E-state index in [2.05, 4.69) is 27.7 Å². The molecular formula is C30H40O6. The molecule has 1 N–H and O–H groups in total. The lowest BCUT2D eigenvalue weighted by Crippen LogP contribution is -2.65. The minimum atomic E-state index is -0.845. The second-order valence-electron chi connectivity index (χ2n) is 13.8. The monoisotopic (exact) mass is 496 g/mol. The van der Waals surface area contributed by atoms with Crippen molar-refractivity contribution in [2.75, 3.05) is 0 Å². The quantitative estimate of drug-likeness (QED) is 0.347. The molecule has 1 spiro atoms. The van der Waals surface area contributed by atoms with Crippen molar-refractivity contribution < 1.29 is 29.0 Å². The Labute approximate surface area is 213 Å². The molecule has 6 aliphatic rings. The highest BCUT2D eigenvalue weighted by molar-refractivity contribution is 6.00. The molecule has 0 amide bonds. The van der Waals surface area contributed by atoms with Gasteiger partial charge in [-0.3, -0.25) is 14.4 Å². The Morgan fingerprint density at radius 3 is 2.42 bits per heavy atom. The number of cyclic esters (lactones) is 1. The van der Waals surface area contributed by atoms with Crippen LogP contribution in [0.3, 0.4) is 0 Å². The maximum atomic E-state index is 14.2. The lowest BCUT2D eigenvalue weighted by Gasteiger charge is -2.60. The van der Waals surface area contributed by atoms with E-state index in [-0.39, 0.29) is 47.1 Å². The van der Waals surface area contributed by atoms with Gasteiger partial charge in [0.1, 0.15) is 17.5 Å². The Morgan fingerprint density at radius 2 is 1.78 bits per heavy atom. The van der Waals surface area contributed by atoms with E-state index >= 15 is 0 Å². The predicted octanol–water partition coefficient (Wildman–Crippen LogP) is 4.34. The number of fused-ring (bicyclic) bond motifs is 3. The Morgan fingerprint density at radius 1 is 1.08 bits per heavy atom. The topological polar surface area (TPSA) is 93.2 Å². The van der Waals surface area contributed by atoms with Gasteiger partial charge < -0.3 is 14.6 Å². The zero-order valence-electron chi connectivity index (χ0n) is 22.6. The minimum Gasteiger partial charge on any atom is -0.458 e. The average molecular weight is 497 g/mol. The van der Waals surface area contributed by atoms with Crippen molar-refractivity contribution in [2.24, 2.45) is 39.4 Å². The number of allylic oxidation sites excluding steroid dienone is 2. The summed E-state index contributed by atoms with van der Waals surface area (Å²) in [5, 5.41) is 11.8. The largest absolute Gasteiger partial charge is 0.458 e. The molecule has 0 aromatic carbocycles. The molecule has 0 unspecified atom stereocenters. The molecule has 36 heavy (non-hydrogen) atoms. The molecule has 2 aliphatic heterocycles. The van der Waals surface area contributed by atoms with Crippen LogP contribution in [-0.4, -0.2) is 46.6 Å². The number of ketones is 2. The van der Waals surface area contributed by atoms with Gasteiger partial charge in [0.25, 0.3) is 0 Å². The number of hydrogen-bond donors (Lipinski definition) is 1. The predicted molar refractivity (Wildman–Crippen MR) is 133 cm³/mol. The summed E-state index contributed by atoms with van der Waals surface area (Å²) in [5.41, 5.74) is -1.09. The average Bonchev–Trinajstić information content (AvgIpc) is 3.39. The molecule has 4 aliphatic carbocycles. The van der Waals surface area contributed by atoms with Crippen molar-refractivity contribution in [1.82, 2.24) is 0 Å². The zero-order valence-corrected chi connectivity index (χ0v) is 22.6. The van der Waals surface area contributed by atoms with Gasteiger partial charge in [-0.2, -0.15) is 0 Å². The number of esters is 1. The maximum Gasteiger partial charge on any atom is 0.309 e. The number of carbonyl (C=O) groups excluding carboxylic acids is 3. The van der Waals surface area contributed by atoms with E-state index in [4.69, 9.17) is 9.47 Å². The number of aliphatic hydroxyl groups excluding tert-OH is 1. The molecule has 0 aromatic heterocycles. The fourth-order valence-electron chi connectivity index (χ4n) is 9.68. The number of hydrogen-bond acceptors (Lipinski definition) is 6. The van der Waals surface area contributed by atoms with Crippen molar-refractivity contribution in [3.63, 3.8) is 0 Å². The molecular weight excluding hydrogens is 456 g/mol. The van der Waals surface area contributed by atoms with Crippen LogP contribution in [0.5, 0.6) is 0 Å². The van der Waals surface area contributed by atoms with Gasteiger partial charge in [0.2, 0.25) is 0 Å². The molecule has 2 heterocycles. The van der Waals surface area contributed by atoms with Gasteiger partial charge in [0.05, 0.1) is 18.1 Å². The Bertz CT molecular complexity index is 1150. The van der Waals surface area contributed by atoms with Gasteiger partial charge in [0.15, 0.2) is 5.78 Å². The van der Waals surface area contributed by atoms with Crippen LogP contribution in [0.1, 0.15) is 80.6 Å². The molecule has 0 radical (unpaired) electrons. The van der Waals surface area contributed by atoms with Crippen LogP contribution in [0, 0.1) is 39.4 Å². The van der Waals surface area contributed by atoms with E-state index in [0.29, 0.717) is 31.5 Å². The number of aliphatic hydroxyl groups is 1. The Kier molecular flexibility index (Phi) is 4.76. The van der Waals surface area contributed by atoms with Crippen LogP contribution in [0.4, 0.5) is 0 Å². The van der Waals surface area contributed by atoms with E-state index < -0.39 is 27.9 Å². The van der Waals surface area contributed by atoms with Gasteiger partial charge in [0, 0.05) is 29.1 Å². The molecule has 10 atom stereocenters. The third-order valence-corrected chi connectivity index (χ3v) is 12.1. The van der Waals surface area contributed by atoms with E-state index in [0.717, 1.165) is 17.6 Å². The third kappa shape index (κ3) is 2.54. The van der Waals surface area contributed by atoms with Crippen molar-refractivity contribution in [1.29, 1.82) is 0 Å². The number of ether oxygens (including phenoxy) is 2. The number of carbonyl (C=O) groups is 3. The highest BCUT2D eigenvalue weighted by Crippen LogP contribution is 2.79. The first-order valence-corrected chi connectivity index (χ1v) is 13.7. The lowest BCUT2D eigenvalue weighted by molar-refractivity contribution is -0.148. The molecule has 5 fully saturated rings. The molecule has 3 saturated carbocycles. The summed E-state index contributed by atoms with van der Waals surface area (Å²) in [4.78, 5) is 39.1. The Hall–Kier alpha value is -1.79. The standard InChI is InChI=1S/C30H40O6/c1-15(10-17-11-16(2)25(34)35-17)18-12-23(33)29(7)28(18,6)22(32)13-20-27(5)9-8-21(31)26(3,4)19(27)14-24-30(20,29)36-24/h10,13,16-19,23-24,33H,8-9,11-12,14H2,1-7H3/b15-10+/t16-,17+,18+,19-,23+,24+,27-,28-,29+,30-/m0/s1. The van der Waals surface area contributed by atoms with Crippen molar-refractivity contribution in [3.05, 3.63) is 23.3 Å². The molecule has 0 bridgehead atoms. The summed E-state index contributed by atoms with van der Waals surface area (Å²) in [5.74, 6) is -0.0404. The van der Waals surface area contributed by atoms with Gasteiger partial charge >= 0.3 is 5.97 Å². The van der Waals surface area contributed by atoms with E-state index in [1.54, 1.807) is 0 Å². The fourth-order valence-corrected chi connectivity index (χ4v) is 9.68. The van der Waals surface area contributed by atoms with Crippen LogP contribution in [0.25, 0.3) is 0 Å². The number of epoxide rings is 1. The molecule has 2 saturated heterocycles. The van der Waals surface area contributed by atoms with E-state index in [9.17, 15) is 19.5 Å². The summed E-state index contributed by atoms with van der Waals surface area (Å²) in [6.45, 7) is 14.3. The maximum absolute atomic E-state index is 14.2. The molecule has 6 nitrogen and oxygen atoms in total. The summed E-state index contributed by atoms with van der Waals surface area (Å²) in [7, 11) is 0. The van der Waals surface area contributed by atoms with Crippen LogP contribution >= 0.6 is 0 Å². The van der Waals surface area contributed by atoms with Crippen molar-refractivity contribution in [3.8, 4) is 0 Å². The van der Waals surface area contributed by atoms with Gasteiger partial charge in [-0.05, 0) is 61.2 Å². The SMILES string of the molecule is C/C(=C\[C@@H]1C[C@H](C)C(=O)O1)[C@H]1C[C@@H](O)[C@]2(C)[C@]1(C)C(=O)C=C1[C@@]3(C)CCC(=O)C(C)(C)[C@@H]3C[C@H]3O[C@@]132. The first-order valence-electron chi connectivity index (χ1n) is 13.7. The summed E-state index contributed by atoms with van der Waals surface area (Å²) < 4.78 is 12.2. The summed E-state index contributed by atoms with van der Waals surface area (Å²) in [6, 6.07) is 0. The van der Waals surface area contributed by atoms with E-state index in [1.165, 1.54) is 0 Å². The third-order valence-electron chi connectivity index (χ3n) is 12.1. The summed E-state index contributed by atoms with van der Waals surface area (Å²) in [6.07, 6.45) is 5.86. The van der Waals surface area contributed by atoms with Gasteiger partial charge in [-0.25, -0.2) is 0 Å². The zero-order chi connectivity index (χ0) is 26.2. The molecule has 196 valence electrons. The van der Waals surface area contributed by atoms with Crippen LogP contribution in [0.2, 0.25) is 0 Å². The van der Waals surface area contributed by atoms with Gasteiger partial charge in [-0.15, -0.1) is 0 Å². The Balaban J connectivity index is 1.45. The van der Waals surface area contributed by atoms with Crippen LogP contribution in [0.15, 0.2) is 23.3 Å². The highest BCUT2D eigenvalue weighted by atomic mass is 16.6. The van der Waals surface area contributed by atoms with Crippen LogP contribution in [-0.2, 0) is 23.9 Å². The number of Topliss-reactive ketones (excluding diaryl/α,β-unsaturated/α-hetero) is 1. The smallest absolute Gasteiger partial charge is 0.309 e.